The molecule has 0 saturated heterocycles. The van der Waals surface area contributed by atoms with E-state index in [1.54, 1.807) is 12.1 Å². The number of rotatable bonds is 31. The number of halogens is 5. The van der Waals surface area contributed by atoms with Gasteiger partial charge in [-0.05, 0) is 43.2 Å². The lowest BCUT2D eigenvalue weighted by molar-refractivity contribution is -0.161. The van der Waals surface area contributed by atoms with Gasteiger partial charge in [-0.3, -0.25) is 0 Å². The highest BCUT2D eigenvalue weighted by Gasteiger charge is 2.31. The first-order valence-electron chi connectivity index (χ1n) is 23.6. The van der Waals surface area contributed by atoms with E-state index in [1.165, 1.54) is 103 Å². The summed E-state index contributed by atoms with van der Waals surface area (Å²) in [5, 5.41) is 0. The van der Waals surface area contributed by atoms with Crippen molar-refractivity contribution in [3.63, 3.8) is 0 Å². The lowest BCUT2D eigenvalue weighted by Gasteiger charge is -2.13. The average Bonchev–Trinajstić information content (AvgIpc) is 3.86. The highest BCUT2D eigenvalue weighted by atomic mass is 19.4. The third-order valence-electron chi connectivity index (χ3n) is 10.1. The minimum Gasteiger partial charge on any atom is -0.451 e. The molecular formula is C50H71F5N2O9. The van der Waals surface area contributed by atoms with E-state index >= 15 is 0 Å². The zero-order valence-corrected chi connectivity index (χ0v) is 39.3. The van der Waals surface area contributed by atoms with Crippen molar-refractivity contribution in [1.29, 1.82) is 0 Å². The van der Waals surface area contributed by atoms with Gasteiger partial charge in [0, 0.05) is 37.8 Å². The van der Waals surface area contributed by atoms with Gasteiger partial charge in [0.15, 0.2) is 29.6 Å². The van der Waals surface area contributed by atoms with Crippen LogP contribution in [0.5, 0.6) is 0 Å². The van der Waals surface area contributed by atoms with Crippen molar-refractivity contribution >= 4 is 18.1 Å². The molecule has 66 heavy (non-hydrogen) atoms. The van der Waals surface area contributed by atoms with E-state index in [2.05, 4.69) is 40.4 Å². The number of hydrogen-bond acceptors (Lipinski definition) is 9. The predicted molar refractivity (Wildman–Crippen MR) is 243 cm³/mol. The zero-order chi connectivity index (χ0) is 48.4. The van der Waals surface area contributed by atoms with E-state index in [0.717, 1.165) is 37.3 Å². The van der Waals surface area contributed by atoms with Gasteiger partial charge >= 0.3 is 24.3 Å². The van der Waals surface area contributed by atoms with E-state index in [9.17, 15) is 36.3 Å². The first-order chi connectivity index (χ1) is 31.8. The van der Waals surface area contributed by atoms with E-state index in [4.69, 9.17) is 23.7 Å². The number of H-pyrrole nitrogens is 2. The summed E-state index contributed by atoms with van der Waals surface area (Å²) in [6.45, 7) is 7.46. The first-order valence-corrected chi connectivity index (χ1v) is 23.6. The molecule has 0 aliphatic carbocycles. The summed E-state index contributed by atoms with van der Waals surface area (Å²) < 4.78 is 94.1. The Morgan fingerprint density at radius 3 is 1.86 bits per heavy atom. The predicted octanol–water partition coefficient (Wildman–Crippen LogP) is 13.4. The van der Waals surface area contributed by atoms with Crippen LogP contribution in [0.3, 0.4) is 0 Å². The molecule has 11 nitrogen and oxygen atoms in total. The van der Waals surface area contributed by atoms with E-state index in [1.807, 2.05) is 19.1 Å². The summed E-state index contributed by atoms with van der Waals surface area (Å²) >= 11 is 0. The van der Waals surface area contributed by atoms with Crippen LogP contribution in [0.15, 0.2) is 36.5 Å². The Kier molecular flexibility index (Phi) is 29.9. The maximum Gasteiger partial charge on any atom is 0.511 e. The van der Waals surface area contributed by atoms with Gasteiger partial charge in [0.25, 0.3) is 0 Å². The summed E-state index contributed by atoms with van der Waals surface area (Å²) in [5.41, 5.74) is 1.09. The Morgan fingerprint density at radius 2 is 1.26 bits per heavy atom. The largest absolute Gasteiger partial charge is 0.511 e. The van der Waals surface area contributed by atoms with Gasteiger partial charge in [-0.2, -0.15) is 13.2 Å². The highest BCUT2D eigenvalue weighted by molar-refractivity contribution is 5.90. The van der Waals surface area contributed by atoms with Crippen LogP contribution >= 0.6 is 0 Å². The topological polar surface area (TPSA) is 138 Å². The number of ether oxygens (including phenoxy) is 6. The highest BCUT2D eigenvalue weighted by Crippen LogP contribution is 2.27. The Bertz CT molecular complexity index is 1850. The molecular weight excluding hydrogens is 868 g/mol. The molecule has 2 heterocycles. The maximum atomic E-state index is 14.5. The number of aryl methyl sites for hydroxylation is 1. The van der Waals surface area contributed by atoms with Crippen molar-refractivity contribution in [2.24, 2.45) is 0 Å². The van der Waals surface area contributed by atoms with Crippen molar-refractivity contribution in [3.8, 4) is 23.0 Å². The fourth-order valence-electron chi connectivity index (χ4n) is 6.58. The second-order valence-electron chi connectivity index (χ2n) is 15.8. The minimum atomic E-state index is -4.66. The van der Waals surface area contributed by atoms with Gasteiger partial charge in [-0.15, -0.1) is 0 Å². The van der Waals surface area contributed by atoms with Gasteiger partial charge < -0.3 is 38.4 Å². The van der Waals surface area contributed by atoms with Crippen LogP contribution in [0.1, 0.15) is 176 Å². The summed E-state index contributed by atoms with van der Waals surface area (Å²) in [6, 6.07) is 8.44. The van der Waals surface area contributed by atoms with E-state index in [0.29, 0.717) is 31.8 Å². The normalized spacial score (nSPS) is 11.5. The molecule has 16 heteroatoms. The number of hydrogen-bond donors (Lipinski definition) is 2. The van der Waals surface area contributed by atoms with E-state index < -0.39 is 54.5 Å². The lowest BCUT2D eigenvalue weighted by Crippen LogP contribution is -2.24. The minimum absolute atomic E-state index is 0.0297. The number of aromatic amines is 2. The fourth-order valence-corrected chi connectivity index (χ4v) is 6.58. The molecule has 1 aromatic carbocycles. The molecule has 0 fully saturated rings. The first kappa shape index (κ1) is 57.2. The molecule has 0 amide bonds. The summed E-state index contributed by atoms with van der Waals surface area (Å²) in [4.78, 5) is 40.5. The van der Waals surface area contributed by atoms with Gasteiger partial charge in [0.1, 0.15) is 6.61 Å². The summed E-state index contributed by atoms with van der Waals surface area (Å²) in [7, 11) is 0. The molecule has 0 aliphatic rings. The van der Waals surface area contributed by atoms with Crippen molar-refractivity contribution in [3.05, 3.63) is 70.8 Å². The third-order valence-corrected chi connectivity index (χ3v) is 10.1. The number of alkyl halides is 3. The molecule has 0 radical (unpaired) electrons. The van der Waals surface area contributed by atoms with Crippen LogP contribution in [0.4, 0.5) is 26.7 Å². The van der Waals surface area contributed by atoms with Crippen molar-refractivity contribution < 1.29 is 64.8 Å². The zero-order valence-electron chi connectivity index (χ0n) is 39.3. The van der Waals surface area contributed by atoms with Gasteiger partial charge in [-0.25, -0.2) is 23.2 Å². The Balaban J connectivity index is 0.000000466. The van der Waals surface area contributed by atoms with E-state index in [-0.39, 0.29) is 30.2 Å². The number of carbonyl (C=O) groups excluding carboxylic acids is 3. The molecule has 370 valence electrons. The van der Waals surface area contributed by atoms with Gasteiger partial charge in [0.05, 0.1) is 25.5 Å². The molecule has 2 aromatic heterocycles. The number of benzene rings is 1. The molecule has 0 aliphatic heterocycles. The quantitative estimate of drug-likeness (QED) is 0.0161. The standard InChI is InChI=1S/C28H44FNO7.C22H27F4NO2/c1-4-6-7-8-9-10-11-12-13-14-15-16-17-24-22-25(29)26(30-24)27(31)36-23(3)37-28(32)35-21-20-34-19-18-33-5-2;1-2-3-4-5-6-7-8-9-16-10-12-17(13-11-16)18-14-27-20(19(18)23)21(28)29-15-22(24,25)26/h22-23,30H,4-15,18-21H2,1-3H3;10-14,27H,2-9,15H2,1H3. The van der Waals surface area contributed by atoms with Crippen LogP contribution in [0, 0.1) is 23.5 Å². The Morgan fingerprint density at radius 1 is 0.682 bits per heavy atom. The van der Waals surface area contributed by atoms with Crippen LogP contribution in [0.2, 0.25) is 0 Å². The monoisotopic (exact) mass is 939 g/mol. The number of aromatic nitrogens is 2. The maximum absolute atomic E-state index is 14.5. The SMILES string of the molecule is CCCCCCCCCCCCC#Cc1cc(F)c(C(=O)OC(C)OC(=O)OCCOCCOCC)[nH]1.CCCCCCCCCc1ccc(-c2c[nH]c(C(=O)OCC(F)(F)F)c2F)cc1. The third kappa shape index (κ3) is 25.7. The Labute approximate surface area is 387 Å². The number of carbonyl (C=O) groups is 3. The Hall–Kier alpha value is -4.88. The van der Waals surface area contributed by atoms with Crippen LogP contribution < -0.4 is 0 Å². The van der Waals surface area contributed by atoms with Gasteiger partial charge in [-0.1, -0.05) is 140 Å². The molecule has 1 atom stereocenters. The number of esters is 2. The second-order valence-corrected chi connectivity index (χ2v) is 15.8. The second kappa shape index (κ2) is 34.4. The lowest BCUT2D eigenvalue weighted by atomic mass is 10.0. The summed E-state index contributed by atoms with van der Waals surface area (Å²) in [5.74, 6) is 1.77. The van der Waals surface area contributed by atoms with Crippen LogP contribution in [-0.2, 0) is 34.8 Å². The molecule has 1 unspecified atom stereocenters. The van der Waals surface area contributed by atoms with Crippen molar-refractivity contribution in [2.75, 3.05) is 39.6 Å². The number of unbranched alkanes of at least 4 members (excludes halogenated alkanes) is 16. The van der Waals surface area contributed by atoms with Crippen molar-refractivity contribution in [2.45, 2.75) is 162 Å². The van der Waals surface area contributed by atoms with Crippen LogP contribution in [-0.4, -0.2) is 80.2 Å². The smallest absolute Gasteiger partial charge is 0.451 e. The number of nitrogens with one attached hydrogen (secondary N) is 2. The molecule has 0 bridgehead atoms. The molecule has 3 aromatic rings. The van der Waals surface area contributed by atoms with Crippen molar-refractivity contribution in [1.82, 2.24) is 9.97 Å². The molecule has 3 rings (SSSR count). The van der Waals surface area contributed by atoms with Crippen LogP contribution in [0.25, 0.3) is 11.1 Å². The average molecular weight is 939 g/mol. The van der Waals surface area contributed by atoms with Gasteiger partial charge in [0.2, 0.25) is 6.29 Å². The summed E-state index contributed by atoms with van der Waals surface area (Å²) in [6.07, 6.45) is 17.1. The fraction of sp³-hybridized carbons (Fsp3) is 0.620. The molecule has 0 spiro atoms. The molecule has 0 saturated carbocycles. The molecule has 2 N–H and O–H groups in total.